The minimum absolute atomic E-state index is 0. The second kappa shape index (κ2) is 33.3. The maximum absolute atomic E-state index is 4.68. The van der Waals surface area contributed by atoms with Crippen LogP contribution in [0.1, 0.15) is 227 Å². The van der Waals surface area contributed by atoms with Crippen molar-refractivity contribution in [3.8, 4) is 0 Å². The maximum atomic E-state index is 4.68. The van der Waals surface area contributed by atoms with E-state index in [4.69, 9.17) is 0 Å². The van der Waals surface area contributed by atoms with Gasteiger partial charge in [0.25, 0.3) is 20.1 Å². The molecule has 0 radical (unpaired) electrons. The zero-order valence-electron chi connectivity index (χ0n) is 55.2. The number of rotatable bonds is 27. The van der Waals surface area contributed by atoms with Crippen LogP contribution in [0.4, 0.5) is 0 Å². The Kier molecular flexibility index (Phi) is 27.4. The van der Waals surface area contributed by atoms with Crippen LogP contribution in [0.5, 0.6) is 0 Å². The molecule has 0 aliphatic heterocycles. The molecule has 0 amide bonds. The van der Waals surface area contributed by atoms with Gasteiger partial charge in [-0.3, -0.25) is 45.9 Å². The first-order valence-corrected chi connectivity index (χ1v) is 32.5. The Hall–Kier alpha value is -6.11. The van der Waals surface area contributed by atoms with Crippen molar-refractivity contribution in [2.75, 3.05) is 0 Å². The summed E-state index contributed by atoms with van der Waals surface area (Å²) in [5.74, 6) is 0. The number of H-pyrrole nitrogens is 9. The van der Waals surface area contributed by atoms with Crippen molar-refractivity contribution in [3.05, 3.63) is 102 Å². The molecule has 9 rings (SSSR count). The molecule has 0 unspecified atom stereocenters. The van der Waals surface area contributed by atoms with Crippen molar-refractivity contribution in [2.24, 2.45) is 0 Å². The largest absolute Gasteiger partial charge is 0.283 e. The minimum atomic E-state index is 0. The van der Waals surface area contributed by atoms with Gasteiger partial charge in [-0.15, -0.1) is 12.4 Å². The second-order valence-electron chi connectivity index (χ2n) is 21.7. The van der Waals surface area contributed by atoms with E-state index in [-0.39, 0.29) is 49.6 Å². The third-order valence-electron chi connectivity index (χ3n) is 17.5. The summed E-state index contributed by atoms with van der Waals surface area (Å²) >= 11 is 0. The van der Waals surface area contributed by atoms with Crippen molar-refractivity contribution < 1.29 is 17.1 Å². The van der Waals surface area contributed by atoms with E-state index in [0.717, 1.165) is 167 Å². The molecule has 0 spiro atoms. The summed E-state index contributed by atoms with van der Waals surface area (Å²) in [5, 5.41) is 72.0. The third-order valence-corrected chi connectivity index (χ3v) is 17.5. The van der Waals surface area contributed by atoms with Crippen molar-refractivity contribution in [2.45, 2.75) is 240 Å². The normalized spacial score (nSPS) is 11.1. The predicted molar refractivity (Wildman–Crippen MR) is 357 cm³/mol. The maximum Gasteiger partial charge on any atom is 0.255 e. The van der Waals surface area contributed by atoms with Crippen LogP contribution in [-0.2, 0) is 133 Å². The Morgan fingerprint density at radius 3 is 0.349 bits per heavy atom. The molecule has 0 saturated carbocycles. The summed E-state index contributed by atoms with van der Waals surface area (Å²) in [6.45, 7) is 39.7. The fraction of sp³-hybridized carbons (Fsp3) is 0.571. The van der Waals surface area contributed by atoms with Gasteiger partial charge in [0, 0.05) is 68.3 Å². The van der Waals surface area contributed by atoms with Crippen LogP contribution >= 0.6 is 12.4 Å². The SMILES string of the molecule is CCc1n[nH]c(CC)c1B(c1c(CC)n[nH]c1CC)c1c(CC)n[nH]c1CC.CCc1n[nH]c(CC)c1B(c1c(CC)n[nH]c1CC)c1c(CC)n[nH]c1CC.CCc1n[nH]c(CC)c1B(c1c(CC)n[nH]c1CC)c1c(CC)n[nH]c1CC.Cl.[Fe]. The summed E-state index contributed by atoms with van der Waals surface area (Å²) < 4.78 is 0. The number of halogens is 1. The van der Waals surface area contributed by atoms with Gasteiger partial charge in [-0.25, -0.2) is 0 Å². The Morgan fingerprint density at radius 2 is 0.279 bits per heavy atom. The van der Waals surface area contributed by atoms with Crippen LogP contribution in [0.3, 0.4) is 0 Å². The van der Waals surface area contributed by atoms with E-state index in [1.807, 2.05) is 0 Å². The molecule has 9 aromatic rings. The molecule has 0 fully saturated rings. The van der Waals surface area contributed by atoms with Crippen LogP contribution in [0.2, 0.25) is 0 Å². The van der Waals surface area contributed by atoms with Crippen molar-refractivity contribution >= 4 is 81.7 Å². The molecule has 9 N–H and O–H groups in total. The number of hydrogen-bond donors (Lipinski definition) is 9. The first-order valence-electron chi connectivity index (χ1n) is 32.5. The van der Waals surface area contributed by atoms with E-state index in [0.29, 0.717) is 0 Å². The Bertz CT molecular complexity index is 2580. The standard InChI is InChI=1S/3C21H33BN6.ClH.Fe/c3*1-7-13-19(14(8-2)24-23-13)22(20-15(9-3)25-26-16(20)10-4)21-17(11-5)27-28-18(21)12-6;;/h3*7-12H2,1-6H3,(H,23,24)(H,25,26)(H,27,28);1H;. The van der Waals surface area contributed by atoms with Crippen LogP contribution in [-0.4, -0.2) is 112 Å². The molecule has 0 bridgehead atoms. The minimum Gasteiger partial charge on any atom is -0.283 e. The predicted octanol–water partition coefficient (Wildman–Crippen LogP) is 5.66. The van der Waals surface area contributed by atoms with Gasteiger partial charge in [-0.05, 0) is 165 Å². The van der Waals surface area contributed by atoms with Gasteiger partial charge in [0.1, 0.15) is 0 Å². The molecule has 9 heterocycles. The number of nitrogens with zero attached hydrogens (tertiary/aromatic N) is 9. The fourth-order valence-corrected chi connectivity index (χ4v) is 13.1. The third kappa shape index (κ3) is 13.8. The first kappa shape index (κ1) is 70.7. The van der Waals surface area contributed by atoms with Crippen molar-refractivity contribution in [1.82, 2.24) is 91.8 Å². The molecule has 0 aromatic carbocycles. The van der Waals surface area contributed by atoms with Gasteiger partial charge < -0.3 is 0 Å². The smallest absolute Gasteiger partial charge is 0.255 e. The van der Waals surface area contributed by atoms with E-state index in [9.17, 15) is 0 Å². The number of aromatic amines is 9. The fourth-order valence-electron chi connectivity index (χ4n) is 13.1. The molecule has 18 nitrogen and oxygen atoms in total. The molecule has 0 aliphatic rings. The van der Waals surface area contributed by atoms with Gasteiger partial charge in [0.05, 0.1) is 51.2 Å². The van der Waals surface area contributed by atoms with Crippen LogP contribution < -0.4 is 49.2 Å². The summed E-state index contributed by atoms with van der Waals surface area (Å²) in [4.78, 5) is 0. The monoisotopic (exact) mass is 1230 g/mol. The molecule has 86 heavy (non-hydrogen) atoms. The van der Waals surface area contributed by atoms with Crippen molar-refractivity contribution in [3.63, 3.8) is 0 Å². The van der Waals surface area contributed by atoms with Gasteiger partial charge in [-0.1, -0.05) is 125 Å². The first-order chi connectivity index (χ1) is 40.9. The molecular weight excluding hydrogens is 1130 g/mol. The zero-order valence-corrected chi connectivity index (χ0v) is 57.2. The van der Waals surface area contributed by atoms with E-state index >= 15 is 0 Å². The molecule has 0 aliphatic carbocycles. The molecule has 23 heteroatoms. The number of aromatic nitrogens is 18. The summed E-state index contributed by atoms with van der Waals surface area (Å²) in [5.41, 5.74) is 33.2. The zero-order chi connectivity index (χ0) is 60.8. The van der Waals surface area contributed by atoms with Crippen LogP contribution in [0.15, 0.2) is 0 Å². The van der Waals surface area contributed by atoms with Crippen molar-refractivity contribution in [1.29, 1.82) is 0 Å². The van der Waals surface area contributed by atoms with Gasteiger partial charge in [0.15, 0.2) is 0 Å². The molecular formula is C63H100B3ClFeN18. The van der Waals surface area contributed by atoms with Crippen LogP contribution in [0, 0.1) is 0 Å². The van der Waals surface area contributed by atoms with Gasteiger partial charge in [-0.2, -0.15) is 45.9 Å². The second-order valence-corrected chi connectivity index (χ2v) is 21.7. The Balaban J connectivity index is 0.000000233. The summed E-state index contributed by atoms with van der Waals surface area (Å²) in [6, 6.07) is 0. The molecule has 9 aromatic heterocycles. The Labute approximate surface area is 530 Å². The summed E-state index contributed by atoms with van der Waals surface area (Å²) in [6.07, 6.45) is 16.5. The topological polar surface area (TPSA) is 258 Å². The van der Waals surface area contributed by atoms with E-state index in [2.05, 4.69) is 216 Å². The summed E-state index contributed by atoms with van der Waals surface area (Å²) in [7, 11) is 0. The quantitative estimate of drug-likeness (QED) is 0.0288. The molecule has 0 saturated heterocycles. The van der Waals surface area contributed by atoms with E-state index in [1.54, 1.807) is 0 Å². The number of aryl methyl sites for hydroxylation is 18. The Morgan fingerprint density at radius 1 is 0.186 bits per heavy atom. The average Bonchev–Trinajstić information content (AvgIpc) is 1.67. The number of hydrogen-bond acceptors (Lipinski definition) is 9. The molecule has 466 valence electrons. The average molecular weight is 1230 g/mol. The van der Waals surface area contributed by atoms with Gasteiger partial charge in [0.2, 0.25) is 0 Å². The van der Waals surface area contributed by atoms with Crippen LogP contribution in [0.25, 0.3) is 0 Å². The van der Waals surface area contributed by atoms with Gasteiger partial charge >= 0.3 is 0 Å². The van der Waals surface area contributed by atoms with E-state index < -0.39 is 0 Å². The number of nitrogens with one attached hydrogen (secondary N) is 9. The molecule has 0 atom stereocenters. The van der Waals surface area contributed by atoms with E-state index in [1.165, 1.54) is 100 Å².